The normalized spacial score (nSPS) is 28.2. The first-order chi connectivity index (χ1) is 15.7. The van der Waals surface area contributed by atoms with E-state index in [0.717, 1.165) is 34.5 Å². The van der Waals surface area contributed by atoms with Crippen molar-refractivity contribution in [2.45, 2.75) is 97.2 Å². The maximum atomic E-state index is 13.3. The van der Waals surface area contributed by atoms with Crippen LogP contribution >= 0.6 is 15.9 Å². The van der Waals surface area contributed by atoms with E-state index < -0.39 is 29.1 Å². The van der Waals surface area contributed by atoms with Crippen molar-refractivity contribution in [1.29, 1.82) is 0 Å². The van der Waals surface area contributed by atoms with Crippen LogP contribution in [0.1, 0.15) is 91.5 Å². The van der Waals surface area contributed by atoms with Crippen LogP contribution in [0.3, 0.4) is 0 Å². The highest BCUT2D eigenvalue weighted by Crippen LogP contribution is 2.60. The van der Waals surface area contributed by atoms with E-state index in [9.17, 15) is 9.59 Å². The number of hydrogen-bond acceptors (Lipinski definition) is 5. The number of hydrogen-bond donors (Lipinski definition) is 1. The Morgan fingerprint density at radius 1 is 0.941 bits per heavy atom. The lowest BCUT2D eigenvalue weighted by atomic mass is 9.49. The largest absolute Gasteiger partial charge is 0.459 e. The monoisotopic (exact) mass is 533 g/mol. The topological polar surface area (TPSA) is 64.6 Å². The summed E-state index contributed by atoms with van der Waals surface area (Å²) in [5.74, 6) is 0.290. The molecule has 1 aromatic carbocycles. The molecule has 0 aromatic heterocycles. The zero-order valence-corrected chi connectivity index (χ0v) is 23.1. The van der Waals surface area contributed by atoms with Gasteiger partial charge >= 0.3 is 11.9 Å². The Hall–Kier alpha value is -1.56. The second-order valence-electron chi connectivity index (χ2n) is 13.0. The number of nitrogens with one attached hydrogen (secondary N) is 1. The number of esters is 2. The average molecular weight is 535 g/mol. The molecule has 4 bridgehead atoms. The van der Waals surface area contributed by atoms with E-state index in [1.54, 1.807) is 0 Å². The minimum Gasteiger partial charge on any atom is -0.459 e. The summed E-state index contributed by atoms with van der Waals surface area (Å²) in [7, 11) is 0. The molecule has 0 aliphatic heterocycles. The Balaban J connectivity index is 1.62. The van der Waals surface area contributed by atoms with Crippen LogP contribution < -0.4 is 5.32 Å². The van der Waals surface area contributed by atoms with Gasteiger partial charge in [-0.05, 0) is 115 Å². The van der Waals surface area contributed by atoms with Gasteiger partial charge in [-0.25, -0.2) is 0 Å². The van der Waals surface area contributed by atoms with Gasteiger partial charge in [-0.15, -0.1) is 0 Å². The minimum atomic E-state index is -1.15. The van der Waals surface area contributed by atoms with E-state index in [4.69, 9.17) is 9.47 Å². The second kappa shape index (κ2) is 9.15. The zero-order chi connectivity index (χ0) is 24.9. The predicted molar refractivity (Wildman–Crippen MR) is 138 cm³/mol. The Labute approximate surface area is 212 Å². The summed E-state index contributed by atoms with van der Waals surface area (Å²) in [5.41, 5.74) is 0.309. The van der Waals surface area contributed by atoms with E-state index in [1.165, 1.54) is 38.5 Å². The molecule has 6 heteroatoms. The maximum Gasteiger partial charge on any atom is 0.325 e. The van der Waals surface area contributed by atoms with Gasteiger partial charge in [0.2, 0.25) is 0 Å². The first-order valence-corrected chi connectivity index (χ1v) is 13.5. The van der Waals surface area contributed by atoms with E-state index in [-0.39, 0.29) is 0 Å². The molecular weight excluding hydrogens is 494 g/mol. The highest BCUT2D eigenvalue weighted by atomic mass is 79.9. The molecule has 1 aromatic rings. The molecule has 0 unspecified atom stereocenters. The average Bonchev–Trinajstić information content (AvgIpc) is 2.64. The van der Waals surface area contributed by atoms with E-state index in [0.29, 0.717) is 11.0 Å². The standard InChI is InChI=1S/C28H40BrNO4/c1-26(2,3)33-24(31)23(25(32)34-27(4,5)6)21-8-7-20(29)12-22(21)30-16-28-13-17-9-18(14-28)11-19(10-17)15-28/h7-8,12,17-19,23,30H,9-11,13-16H2,1-6H3. The van der Waals surface area contributed by atoms with Crippen LogP contribution in [0, 0.1) is 23.2 Å². The van der Waals surface area contributed by atoms with E-state index in [2.05, 4.69) is 21.2 Å². The molecule has 188 valence electrons. The molecule has 5 nitrogen and oxygen atoms in total. The molecule has 34 heavy (non-hydrogen) atoms. The van der Waals surface area contributed by atoms with E-state index >= 15 is 0 Å². The maximum absolute atomic E-state index is 13.3. The van der Waals surface area contributed by atoms with Crippen molar-refractivity contribution in [2.24, 2.45) is 23.2 Å². The summed E-state index contributed by atoms with van der Waals surface area (Å²) in [4.78, 5) is 26.6. The summed E-state index contributed by atoms with van der Waals surface area (Å²) in [6.45, 7) is 11.7. The van der Waals surface area contributed by atoms with Gasteiger partial charge < -0.3 is 14.8 Å². The predicted octanol–water partition coefficient (Wildman–Crippen LogP) is 6.84. The lowest BCUT2D eigenvalue weighted by molar-refractivity contribution is -0.169. The van der Waals surface area contributed by atoms with Crippen molar-refractivity contribution >= 4 is 33.6 Å². The first-order valence-electron chi connectivity index (χ1n) is 12.7. The number of halogens is 1. The van der Waals surface area contributed by atoms with Gasteiger partial charge in [-0.1, -0.05) is 22.0 Å². The quantitative estimate of drug-likeness (QED) is 0.320. The SMILES string of the molecule is CC(C)(C)OC(=O)C(C(=O)OC(C)(C)C)c1ccc(Br)cc1NCC12CC3CC(CC(C3)C1)C2. The van der Waals surface area contributed by atoms with Gasteiger partial charge in [-0.2, -0.15) is 0 Å². The van der Waals surface area contributed by atoms with Crippen LogP contribution in [0.2, 0.25) is 0 Å². The molecule has 0 amide bonds. The van der Waals surface area contributed by atoms with Gasteiger partial charge in [0.15, 0.2) is 5.92 Å². The molecule has 0 atom stereocenters. The number of anilines is 1. The van der Waals surface area contributed by atoms with Gasteiger partial charge in [-0.3, -0.25) is 9.59 Å². The number of rotatable bonds is 6. The van der Waals surface area contributed by atoms with Gasteiger partial charge in [0.05, 0.1) is 0 Å². The van der Waals surface area contributed by atoms with Crippen LogP contribution in [-0.2, 0) is 19.1 Å². The van der Waals surface area contributed by atoms with E-state index in [1.807, 2.05) is 59.7 Å². The molecular formula is C28H40BrNO4. The highest BCUT2D eigenvalue weighted by molar-refractivity contribution is 9.10. The number of benzene rings is 1. The molecule has 0 radical (unpaired) electrons. The van der Waals surface area contributed by atoms with Crippen molar-refractivity contribution in [2.75, 3.05) is 11.9 Å². The van der Waals surface area contributed by atoms with Crippen molar-refractivity contribution in [3.63, 3.8) is 0 Å². The summed E-state index contributed by atoms with van der Waals surface area (Å²) in [6.07, 6.45) is 8.08. The third-order valence-electron chi connectivity index (χ3n) is 7.43. The zero-order valence-electron chi connectivity index (χ0n) is 21.5. The van der Waals surface area contributed by atoms with Crippen LogP contribution in [0.5, 0.6) is 0 Å². The third kappa shape index (κ3) is 5.98. The van der Waals surface area contributed by atoms with Crippen LogP contribution in [0.4, 0.5) is 5.69 Å². The van der Waals surface area contributed by atoms with Crippen molar-refractivity contribution < 1.29 is 19.1 Å². The molecule has 4 aliphatic carbocycles. The van der Waals surface area contributed by atoms with Crippen LogP contribution in [0.25, 0.3) is 0 Å². The second-order valence-corrected chi connectivity index (χ2v) is 13.9. The van der Waals surface area contributed by atoms with Gasteiger partial charge in [0.1, 0.15) is 11.2 Å². The molecule has 0 saturated heterocycles. The molecule has 0 heterocycles. The Bertz CT molecular complexity index is 879. The summed E-state index contributed by atoms with van der Waals surface area (Å²) >= 11 is 3.58. The molecule has 1 N–H and O–H groups in total. The molecule has 4 saturated carbocycles. The lowest BCUT2D eigenvalue weighted by Crippen LogP contribution is -2.49. The number of carbonyl (C=O) groups excluding carboxylic acids is 2. The van der Waals surface area contributed by atoms with Crippen molar-refractivity contribution in [3.8, 4) is 0 Å². The fraction of sp³-hybridized carbons (Fsp3) is 0.714. The lowest BCUT2D eigenvalue weighted by Gasteiger charge is -2.57. The van der Waals surface area contributed by atoms with Gasteiger partial charge in [0.25, 0.3) is 0 Å². The molecule has 5 rings (SSSR count). The third-order valence-corrected chi connectivity index (χ3v) is 7.92. The Morgan fingerprint density at radius 3 is 1.85 bits per heavy atom. The molecule has 0 spiro atoms. The summed E-state index contributed by atoms with van der Waals surface area (Å²) < 4.78 is 12.2. The summed E-state index contributed by atoms with van der Waals surface area (Å²) in [5, 5.41) is 3.68. The van der Waals surface area contributed by atoms with Crippen LogP contribution in [-0.4, -0.2) is 29.7 Å². The van der Waals surface area contributed by atoms with Crippen molar-refractivity contribution in [1.82, 2.24) is 0 Å². The van der Waals surface area contributed by atoms with Gasteiger partial charge in [0, 0.05) is 22.3 Å². The molecule has 4 aliphatic rings. The first kappa shape index (κ1) is 25.5. The molecule has 4 fully saturated rings. The van der Waals surface area contributed by atoms with Crippen LogP contribution in [0.15, 0.2) is 22.7 Å². The fourth-order valence-electron chi connectivity index (χ4n) is 6.79. The Kier molecular flexibility index (Phi) is 6.87. The fourth-order valence-corrected chi connectivity index (χ4v) is 7.16. The summed E-state index contributed by atoms with van der Waals surface area (Å²) in [6, 6.07) is 5.68. The minimum absolute atomic E-state index is 0.321. The van der Waals surface area contributed by atoms with Crippen molar-refractivity contribution in [3.05, 3.63) is 28.2 Å². The number of ether oxygens (including phenoxy) is 2. The smallest absolute Gasteiger partial charge is 0.325 e. The number of carbonyl (C=O) groups is 2. The Morgan fingerprint density at radius 2 is 1.41 bits per heavy atom. The highest BCUT2D eigenvalue weighted by Gasteiger charge is 2.50.